The third-order valence-corrected chi connectivity index (χ3v) is 3.47. The molecular formula is C14H20N2O2. The van der Waals surface area contributed by atoms with Crippen molar-refractivity contribution in [3.63, 3.8) is 0 Å². The minimum Gasteiger partial charge on any atom is -0.396 e. The average molecular weight is 248 g/mol. The smallest absolute Gasteiger partial charge is 0.229 e. The second-order valence-corrected chi connectivity index (χ2v) is 4.65. The van der Waals surface area contributed by atoms with E-state index in [1.54, 1.807) is 0 Å². The molecule has 1 heterocycles. The maximum Gasteiger partial charge on any atom is 0.229 e. The normalized spacial score (nSPS) is 18.9. The Labute approximate surface area is 107 Å². The summed E-state index contributed by atoms with van der Waals surface area (Å²) in [7, 11) is 0. The van der Waals surface area contributed by atoms with Gasteiger partial charge in [0, 0.05) is 24.9 Å². The van der Waals surface area contributed by atoms with Crippen molar-refractivity contribution >= 4 is 11.6 Å². The Morgan fingerprint density at radius 2 is 2.33 bits per heavy atom. The topological polar surface area (TPSA) is 61.4 Å². The van der Waals surface area contributed by atoms with Gasteiger partial charge in [0.15, 0.2) is 0 Å². The fourth-order valence-corrected chi connectivity index (χ4v) is 2.35. The van der Waals surface area contributed by atoms with Gasteiger partial charge in [-0.25, -0.2) is 0 Å². The fourth-order valence-electron chi connectivity index (χ4n) is 2.35. The molecule has 0 saturated heterocycles. The van der Waals surface area contributed by atoms with Crippen LogP contribution in [0.3, 0.4) is 0 Å². The molecule has 0 bridgehead atoms. The van der Waals surface area contributed by atoms with Crippen LogP contribution in [0.25, 0.3) is 0 Å². The lowest BCUT2D eigenvalue weighted by Gasteiger charge is -2.18. The molecule has 98 valence electrons. The third-order valence-electron chi connectivity index (χ3n) is 3.47. The molecule has 1 amide bonds. The van der Waals surface area contributed by atoms with Gasteiger partial charge in [-0.15, -0.1) is 0 Å². The van der Waals surface area contributed by atoms with Crippen LogP contribution in [-0.4, -0.2) is 30.2 Å². The number of aliphatic hydroxyl groups excluding tert-OH is 1. The first-order valence-electron chi connectivity index (χ1n) is 6.50. The van der Waals surface area contributed by atoms with Crippen molar-refractivity contribution in [1.29, 1.82) is 0 Å². The molecule has 1 aliphatic rings. The highest BCUT2D eigenvalue weighted by atomic mass is 16.3. The van der Waals surface area contributed by atoms with Crippen LogP contribution in [0.4, 0.5) is 5.69 Å². The Morgan fingerprint density at radius 3 is 3.06 bits per heavy atom. The third kappa shape index (κ3) is 2.64. The molecule has 2 atom stereocenters. The zero-order chi connectivity index (χ0) is 13.0. The summed E-state index contributed by atoms with van der Waals surface area (Å²) >= 11 is 0. The number of amides is 1. The largest absolute Gasteiger partial charge is 0.396 e. The molecule has 1 aliphatic heterocycles. The SMILES string of the molecule is CCC(CCO)NC(=O)C1CNc2ccccc21. The number of nitrogens with one attached hydrogen (secondary N) is 2. The molecule has 0 aromatic heterocycles. The monoisotopic (exact) mass is 248 g/mol. The lowest BCUT2D eigenvalue weighted by Crippen LogP contribution is -2.38. The van der Waals surface area contributed by atoms with Crippen LogP contribution >= 0.6 is 0 Å². The first kappa shape index (κ1) is 12.9. The molecule has 4 nitrogen and oxygen atoms in total. The molecule has 1 aromatic rings. The van der Waals surface area contributed by atoms with Crippen molar-refractivity contribution in [2.75, 3.05) is 18.5 Å². The van der Waals surface area contributed by atoms with Gasteiger partial charge in [-0.3, -0.25) is 4.79 Å². The summed E-state index contributed by atoms with van der Waals surface area (Å²) in [5.41, 5.74) is 2.11. The number of hydrogen-bond acceptors (Lipinski definition) is 3. The number of fused-ring (bicyclic) bond motifs is 1. The van der Waals surface area contributed by atoms with Gasteiger partial charge in [-0.05, 0) is 24.5 Å². The number of carbonyl (C=O) groups excluding carboxylic acids is 1. The first-order chi connectivity index (χ1) is 8.76. The zero-order valence-corrected chi connectivity index (χ0v) is 10.6. The van der Waals surface area contributed by atoms with E-state index in [-0.39, 0.29) is 24.5 Å². The van der Waals surface area contributed by atoms with Gasteiger partial charge in [-0.1, -0.05) is 25.1 Å². The summed E-state index contributed by atoms with van der Waals surface area (Å²) in [5.74, 6) is -0.0679. The number of para-hydroxylation sites is 1. The van der Waals surface area contributed by atoms with Crippen LogP contribution in [-0.2, 0) is 4.79 Å². The lowest BCUT2D eigenvalue weighted by atomic mass is 9.99. The molecule has 4 heteroatoms. The molecule has 0 radical (unpaired) electrons. The van der Waals surface area contributed by atoms with Gasteiger partial charge in [-0.2, -0.15) is 0 Å². The van der Waals surface area contributed by atoms with E-state index in [1.807, 2.05) is 31.2 Å². The van der Waals surface area contributed by atoms with Crippen LogP contribution < -0.4 is 10.6 Å². The Kier molecular flexibility index (Phi) is 4.20. The van der Waals surface area contributed by atoms with Crippen molar-refractivity contribution in [3.05, 3.63) is 29.8 Å². The molecular weight excluding hydrogens is 228 g/mol. The lowest BCUT2D eigenvalue weighted by molar-refractivity contribution is -0.123. The van der Waals surface area contributed by atoms with E-state index in [9.17, 15) is 4.79 Å². The molecule has 0 fully saturated rings. The van der Waals surface area contributed by atoms with Gasteiger partial charge in [0.2, 0.25) is 5.91 Å². The van der Waals surface area contributed by atoms with E-state index in [0.29, 0.717) is 13.0 Å². The van der Waals surface area contributed by atoms with E-state index in [0.717, 1.165) is 17.7 Å². The quantitative estimate of drug-likeness (QED) is 0.739. The number of anilines is 1. The van der Waals surface area contributed by atoms with Crippen LogP contribution in [0, 0.1) is 0 Å². The second kappa shape index (κ2) is 5.87. The van der Waals surface area contributed by atoms with E-state index < -0.39 is 0 Å². The van der Waals surface area contributed by atoms with Gasteiger partial charge >= 0.3 is 0 Å². The Balaban J connectivity index is 2.03. The molecule has 0 aliphatic carbocycles. The van der Waals surface area contributed by atoms with E-state index in [4.69, 9.17) is 5.11 Å². The number of carbonyl (C=O) groups is 1. The molecule has 0 spiro atoms. The van der Waals surface area contributed by atoms with Crippen molar-refractivity contribution in [2.45, 2.75) is 31.7 Å². The second-order valence-electron chi connectivity index (χ2n) is 4.65. The van der Waals surface area contributed by atoms with Gasteiger partial charge < -0.3 is 15.7 Å². The highest BCUT2D eigenvalue weighted by Crippen LogP contribution is 2.31. The van der Waals surface area contributed by atoms with Crippen molar-refractivity contribution in [3.8, 4) is 0 Å². The summed E-state index contributed by atoms with van der Waals surface area (Å²) in [5, 5.41) is 15.2. The van der Waals surface area contributed by atoms with Gasteiger partial charge in [0.25, 0.3) is 0 Å². The molecule has 18 heavy (non-hydrogen) atoms. The van der Waals surface area contributed by atoms with Crippen LogP contribution in [0.15, 0.2) is 24.3 Å². The predicted octanol–water partition coefficient (Wildman–Crippen LogP) is 1.47. The summed E-state index contributed by atoms with van der Waals surface area (Å²) in [6.45, 7) is 2.78. The molecule has 2 unspecified atom stereocenters. The van der Waals surface area contributed by atoms with Gasteiger partial charge in [0.05, 0.1) is 5.92 Å². The van der Waals surface area contributed by atoms with E-state index in [2.05, 4.69) is 10.6 Å². The summed E-state index contributed by atoms with van der Waals surface area (Å²) < 4.78 is 0. The zero-order valence-electron chi connectivity index (χ0n) is 10.6. The predicted molar refractivity (Wildman–Crippen MR) is 71.6 cm³/mol. The van der Waals surface area contributed by atoms with E-state index >= 15 is 0 Å². The molecule has 1 aromatic carbocycles. The standard InChI is InChI=1S/C14H20N2O2/c1-2-10(7-8-17)16-14(18)12-9-15-13-6-4-3-5-11(12)13/h3-6,10,12,15,17H,2,7-9H2,1H3,(H,16,18). The Hall–Kier alpha value is -1.55. The molecule has 0 saturated carbocycles. The maximum atomic E-state index is 12.2. The Morgan fingerprint density at radius 1 is 1.56 bits per heavy atom. The average Bonchev–Trinajstić information content (AvgIpc) is 2.82. The number of benzene rings is 1. The van der Waals surface area contributed by atoms with Crippen molar-refractivity contribution < 1.29 is 9.90 Å². The minimum absolute atomic E-state index is 0.0488. The van der Waals surface area contributed by atoms with Crippen LogP contribution in [0.1, 0.15) is 31.2 Å². The minimum atomic E-state index is -0.117. The summed E-state index contributed by atoms with van der Waals surface area (Å²) in [6, 6.07) is 7.97. The number of hydrogen-bond donors (Lipinski definition) is 3. The van der Waals surface area contributed by atoms with Crippen molar-refractivity contribution in [1.82, 2.24) is 5.32 Å². The fraction of sp³-hybridized carbons (Fsp3) is 0.500. The van der Waals surface area contributed by atoms with Crippen LogP contribution in [0.5, 0.6) is 0 Å². The number of rotatable bonds is 5. The van der Waals surface area contributed by atoms with Crippen molar-refractivity contribution in [2.24, 2.45) is 0 Å². The summed E-state index contributed by atoms with van der Waals surface area (Å²) in [4.78, 5) is 12.2. The van der Waals surface area contributed by atoms with Gasteiger partial charge in [0.1, 0.15) is 0 Å². The maximum absolute atomic E-state index is 12.2. The summed E-state index contributed by atoms with van der Waals surface area (Å²) in [6.07, 6.45) is 1.46. The molecule has 3 N–H and O–H groups in total. The first-order valence-corrected chi connectivity index (χ1v) is 6.50. The number of aliphatic hydroxyl groups is 1. The van der Waals surface area contributed by atoms with Crippen LogP contribution in [0.2, 0.25) is 0 Å². The Bertz CT molecular complexity index is 420. The molecule has 2 rings (SSSR count). The highest BCUT2D eigenvalue weighted by molar-refractivity contribution is 5.88. The highest BCUT2D eigenvalue weighted by Gasteiger charge is 2.28. The van der Waals surface area contributed by atoms with E-state index in [1.165, 1.54) is 0 Å².